The quantitative estimate of drug-likeness (QED) is 0.427. The molecule has 0 radical (unpaired) electrons. The van der Waals surface area contributed by atoms with Gasteiger partial charge < -0.3 is 0 Å². The molecule has 0 bridgehead atoms. The van der Waals surface area contributed by atoms with Crippen LogP contribution >= 0.6 is 15.9 Å². The van der Waals surface area contributed by atoms with Gasteiger partial charge in [-0.25, -0.2) is 13.2 Å². The number of hydrogen-bond acceptors (Lipinski definition) is 1. The number of carbonyl (C=O) groups excluding carboxylic acids is 1. The maximum absolute atomic E-state index is 13.0. The Morgan fingerprint density at radius 3 is 2.15 bits per heavy atom. The van der Waals surface area contributed by atoms with Crippen LogP contribution in [0.25, 0.3) is 0 Å². The zero-order chi connectivity index (χ0) is 10.2. The molecule has 1 nitrogen and oxygen atoms in total. The monoisotopic (exact) mass is 252 g/mol. The molecule has 0 heterocycles. The number of carbonyl (C=O) groups is 1. The van der Waals surface area contributed by atoms with Crippen molar-refractivity contribution in [3.05, 3.63) is 33.1 Å². The zero-order valence-electron chi connectivity index (χ0n) is 6.50. The van der Waals surface area contributed by atoms with Crippen LogP contribution in [-0.2, 0) is 0 Å². The highest BCUT2D eigenvalue weighted by Crippen LogP contribution is 2.27. The molecule has 1 aromatic carbocycles. The number of benzene rings is 1. The number of halogens is 4. The fourth-order valence-corrected chi connectivity index (χ4v) is 1.29. The van der Waals surface area contributed by atoms with Gasteiger partial charge in [0, 0.05) is 5.56 Å². The van der Waals surface area contributed by atoms with Crippen LogP contribution in [0.2, 0.25) is 0 Å². The molecule has 0 aliphatic rings. The van der Waals surface area contributed by atoms with Gasteiger partial charge in [-0.2, -0.15) is 0 Å². The Balaban J connectivity index is 3.66. The highest BCUT2D eigenvalue weighted by molar-refractivity contribution is 9.10. The lowest BCUT2D eigenvalue weighted by Gasteiger charge is -2.05. The lowest BCUT2D eigenvalue weighted by molar-refractivity contribution is 0.111. The predicted octanol–water partition coefficient (Wildman–Crippen LogP) is 2.99. The third kappa shape index (κ3) is 1.48. The molecule has 1 aromatic rings. The summed E-state index contributed by atoms with van der Waals surface area (Å²) in [4.78, 5) is 10.3. The van der Waals surface area contributed by atoms with Crippen LogP contribution in [0.1, 0.15) is 15.9 Å². The zero-order valence-corrected chi connectivity index (χ0v) is 8.08. The molecule has 0 aliphatic heterocycles. The van der Waals surface area contributed by atoms with Crippen molar-refractivity contribution in [2.75, 3.05) is 0 Å². The molecule has 5 heteroatoms. The number of hydrogen-bond donors (Lipinski definition) is 0. The number of aldehydes is 1. The lowest BCUT2D eigenvalue weighted by atomic mass is 10.1. The highest BCUT2D eigenvalue weighted by atomic mass is 79.9. The average molecular weight is 253 g/mol. The van der Waals surface area contributed by atoms with Gasteiger partial charge in [0.15, 0.2) is 23.7 Å². The van der Waals surface area contributed by atoms with Gasteiger partial charge in [-0.1, -0.05) is 0 Å². The lowest BCUT2D eigenvalue weighted by Crippen LogP contribution is -2.02. The summed E-state index contributed by atoms with van der Waals surface area (Å²) in [5, 5.41) is 0. The van der Waals surface area contributed by atoms with Crippen molar-refractivity contribution in [3.63, 3.8) is 0 Å². The van der Waals surface area contributed by atoms with Gasteiger partial charge in [0.05, 0.1) is 10.0 Å². The summed E-state index contributed by atoms with van der Waals surface area (Å²) in [6.45, 7) is 1.14. The molecule has 70 valence electrons. The molecule has 0 amide bonds. The first-order valence-electron chi connectivity index (χ1n) is 3.28. The molecule has 0 aliphatic carbocycles. The Bertz CT molecular complexity index is 347. The van der Waals surface area contributed by atoms with Crippen LogP contribution in [0.15, 0.2) is 4.47 Å². The van der Waals surface area contributed by atoms with Crippen LogP contribution in [0.5, 0.6) is 0 Å². The molecule has 0 aromatic heterocycles. The third-order valence-corrected chi connectivity index (χ3v) is 2.36. The Kier molecular flexibility index (Phi) is 2.75. The smallest absolute Gasteiger partial charge is 0.176 e. The molecular weight excluding hydrogens is 249 g/mol. The molecule has 0 saturated carbocycles. The molecule has 0 atom stereocenters. The molecular formula is C8H4BrF3O. The first-order chi connectivity index (χ1) is 6.00. The van der Waals surface area contributed by atoms with Crippen molar-refractivity contribution in [1.82, 2.24) is 0 Å². The van der Waals surface area contributed by atoms with E-state index in [1.807, 2.05) is 0 Å². The standard InChI is InChI=1S/C8H4BrF3O/c1-3-4(2-13)7(11)5(9)8(12)6(3)10/h2H,1H3. The van der Waals surface area contributed by atoms with Gasteiger partial charge >= 0.3 is 0 Å². The van der Waals surface area contributed by atoms with Gasteiger partial charge in [0.25, 0.3) is 0 Å². The summed E-state index contributed by atoms with van der Waals surface area (Å²) in [7, 11) is 0. The fourth-order valence-electron chi connectivity index (χ4n) is 0.899. The van der Waals surface area contributed by atoms with Gasteiger partial charge in [-0.15, -0.1) is 0 Å². The summed E-state index contributed by atoms with van der Waals surface area (Å²) < 4.78 is 38.0. The summed E-state index contributed by atoms with van der Waals surface area (Å²) in [5.41, 5.74) is -0.793. The Morgan fingerprint density at radius 2 is 1.69 bits per heavy atom. The molecule has 1 rings (SSSR count). The van der Waals surface area contributed by atoms with Crippen molar-refractivity contribution in [3.8, 4) is 0 Å². The Hall–Kier alpha value is -0.840. The van der Waals surface area contributed by atoms with Crippen LogP contribution in [0.4, 0.5) is 13.2 Å². The maximum Gasteiger partial charge on any atom is 0.176 e. The van der Waals surface area contributed by atoms with Crippen LogP contribution in [-0.4, -0.2) is 6.29 Å². The Labute approximate surface area is 80.7 Å². The first-order valence-corrected chi connectivity index (χ1v) is 4.07. The minimum absolute atomic E-state index is 0.151. The molecule has 13 heavy (non-hydrogen) atoms. The highest BCUT2D eigenvalue weighted by Gasteiger charge is 2.20. The Morgan fingerprint density at radius 1 is 1.15 bits per heavy atom. The molecule has 0 spiro atoms. The minimum atomic E-state index is -1.32. The van der Waals surface area contributed by atoms with E-state index in [0.29, 0.717) is 0 Å². The minimum Gasteiger partial charge on any atom is -0.298 e. The van der Waals surface area contributed by atoms with E-state index >= 15 is 0 Å². The largest absolute Gasteiger partial charge is 0.298 e. The second-order valence-electron chi connectivity index (χ2n) is 2.41. The van der Waals surface area contributed by atoms with Crippen molar-refractivity contribution in [2.24, 2.45) is 0 Å². The van der Waals surface area contributed by atoms with Crippen molar-refractivity contribution >= 4 is 22.2 Å². The molecule has 0 unspecified atom stereocenters. The van der Waals surface area contributed by atoms with E-state index in [9.17, 15) is 18.0 Å². The summed E-state index contributed by atoms with van der Waals surface area (Å²) in [6.07, 6.45) is 0.151. The molecule has 0 saturated heterocycles. The van der Waals surface area contributed by atoms with E-state index in [4.69, 9.17) is 0 Å². The summed E-state index contributed by atoms with van der Waals surface area (Å²) >= 11 is 2.51. The van der Waals surface area contributed by atoms with Crippen LogP contribution in [0, 0.1) is 24.4 Å². The number of rotatable bonds is 1. The van der Waals surface area contributed by atoms with E-state index in [-0.39, 0.29) is 11.8 Å². The van der Waals surface area contributed by atoms with Crippen molar-refractivity contribution < 1.29 is 18.0 Å². The summed E-state index contributed by atoms with van der Waals surface area (Å²) in [6, 6.07) is 0. The van der Waals surface area contributed by atoms with Gasteiger partial charge in [-0.3, -0.25) is 4.79 Å². The van der Waals surface area contributed by atoms with E-state index in [1.165, 1.54) is 0 Å². The first kappa shape index (κ1) is 10.2. The van der Waals surface area contributed by atoms with E-state index < -0.39 is 27.5 Å². The predicted molar refractivity (Wildman–Crippen MR) is 44.1 cm³/mol. The maximum atomic E-state index is 13.0. The molecule has 0 fully saturated rings. The van der Waals surface area contributed by atoms with Crippen molar-refractivity contribution in [2.45, 2.75) is 6.92 Å². The van der Waals surface area contributed by atoms with E-state index in [2.05, 4.69) is 15.9 Å². The van der Waals surface area contributed by atoms with E-state index in [0.717, 1.165) is 6.92 Å². The normalized spacial score (nSPS) is 10.2. The van der Waals surface area contributed by atoms with Crippen molar-refractivity contribution in [1.29, 1.82) is 0 Å². The second kappa shape index (κ2) is 3.49. The van der Waals surface area contributed by atoms with Gasteiger partial charge in [-0.05, 0) is 22.9 Å². The summed E-state index contributed by atoms with van der Waals surface area (Å²) in [5.74, 6) is -3.61. The van der Waals surface area contributed by atoms with Gasteiger partial charge in [0.2, 0.25) is 0 Å². The second-order valence-corrected chi connectivity index (χ2v) is 3.21. The fraction of sp³-hybridized carbons (Fsp3) is 0.125. The third-order valence-electron chi connectivity index (χ3n) is 1.67. The van der Waals surface area contributed by atoms with Crippen LogP contribution in [0.3, 0.4) is 0 Å². The molecule has 0 N–H and O–H groups in total. The average Bonchev–Trinajstić information content (AvgIpc) is 2.13. The van der Waals surface area contributed by atoms with E-state index in [1.54, 1.807) is 0 Å². The SMILES string of the molecule is Cc1c(F)c(F)c(Br)c(F)c1C=O. The topological polar surface area (TPSA) is 17.1 Å². The van der Waals surface area contributed by atoms with Crippen LogP contribution < -0.4 is 0 Å². The van der Waals surface area contributed by atoms with Gasteiger partial charge in [0.1, 0.15) is 0 Å².